The molecule has 0 atom stereocenters. The molecule has 0 unspecified atom stereocenters. The fourth-order valence-corrected chi connectivity index (χ4v) is 1.79. The number of halogens is 2. The Bertz CT molecular complexity index is 746. The predicted octanol–water partition coefficient (Wildman–Crippen LogP) is 2.24. The molecule has 0 aliphatic carbocycles. The summed E-state index contributed by atoms with van der Waals surface area (Å²) in [5.41, 5.74) is 2.80. The zero-order valence-corrected chi connectivity index (χ0v) is 12.2. The number of anilines is 1. The maximum absolute atomic E-state index is 11.2. The van der Waals surface area contributed by atoms with E-state index in [1.807, 2.05) is 0 Å². The molecule has 0 aliphatic heterocycles. The summed E-state index contributed by atoms with van der Waals surface area (Å²) in [6, 6.07) is 2.85. The van der Waals surface area contributed by atoms with Gasteiger partial charge in [0.1, 0.15) is 10.7 Å². The second-order valence-corrected chi connectivity index (χ2v) is 4.63. The summed E-state index contributed by atoms with van der Waals surface area (Å²) in [6.45, 7) is 0. The highest BCUT2D eigenvalue weighted by Gasteiger charge is 2.07. The van der Waals surface area contributed by atoms with Crippen molar-refractivity contribution in [2.24, 2.45) is 5.10 Å². The number of phenols is 1. The molecule has 2 aromatic rings. The Labute approximate surface area is 129 Å². The number of methoxy groups -OCH3 is 1. The molecule has 0 fully saturated rings. The van der Waals surface area contributed by atoms with E-state index in [-0.39, 0.29) is 27.2 Å². The molecule has 0 aliphatic rings. The largest absolute Gasteiger partial charge is 0.504 e. The van der Waals surface area contributed by atoms with Gasteiger partial charge in [-0.15, -0.1) is 0 Å². The number of hydrogen-bond donors (Lipinski definition) is 3. The first kappa shape index (κ1) is 15.1. The van der Waals surface area contributed by atoms with Crippen LogP contribution in [0.2, 0.25) is 10.0 Å². The second kappa shape index (κ2) is 6.47. The molecule has 1 aromatic heterocycles. The first-order chi connectivity index (χ1) is 10.0. The van der Waals surface area contributed by atoms with Gasteiger partial charge in [-0.25, -0.2) is 5.10 Å². The number of nitrogens with one attached hydrogen (secondary N) is 2. The Morgan fingerprint density at radius 1 is 1.48 bits per heavy atom. The van der Waals surface area contributed by atoms with Crippen LogP contribution in [0, 0.1) is 0 Å². The Balaban J connectivity index is 2.22. The van der Waals surface area contributed by atoms with Crippen molar-refractivity contribution >= 4 is 35.1 Å². The summed E-state index contributed by atoms with van der Waals surface area (Å²) in [6.07, 6.45) is 2.71. The third-order valence-corrected chi connectivity index (χ3v) is 3.18. The summed E-state index contributed by atoms with van der Waals surface area (Å²) in [5.74, 6) is 0.186. The van der Waals surface area contributed by atoms with E-state index in [0.29, 0.717) is 5.56 Å². The quantitative estimate of drug-likeness (QED) is 0.590. The van der Waals surface area contributed by atoms with Crippen molar-refractivity contribution < 1.29 is 9.84 Å². The van der Waals surface area contributed by atoms with Crippen molar-refractivity contribution in [3.63, 3.8) is 0 Å². The molecular weight excluding hydrogens is 319 g/mol. The van der Waals surface area contributed by atoms with Gasteiger partial charge in [0.2, 0.25) is 0 Å². The SMILES string of the molecule is COc1cc(/C=N\Nc2cn[nH]c(=O)c2Cl)c(Cl)cc1O. The van der Waals surface area contributed by atoms with Crippen molar-refractivity contribution in [2.45, 2.75) is 0 Å². The molecular formula is C12H10Cl2N4O3. The number of hydrazone groups is 1. The molecule has 9 heteroatoms. The van der Waals surface area contributed by atoms with E-state index in [0.717, 1.165) is 0 Å². The number of phenolic OH excluding ortho intramolecular Hbond substituents is 1. The van der Waals surface area contributed by atoms with E-state index >= 15 is 0 Å². The van der Waals surface area contributed by atoms with E-state index < -0.39 is 5.56 Å². The standard InChI is InChI=1S/C12H10Cl2N4O3/c1-21-10-2-6(7(13)3-9(10)19)4-15-17-8-5-16-18-12(20)11(8)14/h2-5,19H,1H3,(H2,17,18,20)/b15-4-. The third-order valence-electron chi connectivity index (χ3n) is 2.48. The normalized spacial score (nSPS) is 10.8. The minimum atomic E-state index is -0.527. The fourth-order valence-electron chi connectivity index (χ4n) is 1.45. The summed E-state index contributed by atoms with van der Waals surface area (Å²) >= 11 is 11.7. The minimum Gasteiger partial charge on any atom is -0.504 e. The number of rotatable bonds is 4. The molecule has 0 amide bonds. The molecule has 1 heterocycles. The van der Waals surface area contributed by atoms with Crippen molar-refractivity contribution in [1.82, 2.24) is 10.2 Å². The van der Waals surface area contributed by atoms with Crippen LogP contribution in [0.1, 0.15) is 5.56 Å². The molecule has 1 aromatic carbocycles. The fraction of sp³-hybridized carbons (Fsp3) is 0.0833. The van der Waals surface area contributed by atoms with Gasteiger partial charge in [0.25, 0.3) is 5.56 Å². The molecule has 0 radical (unpaired) electrons. The van der Waals surface area contributed by atoms with E-state index in [1.165, 1.54) is 31.7 Å². The Hall–Kier alpha value is -2.25. The average Bonchev–Trinajstić information content (AvgIpc) is 2.45. The number of aromatic nitrogens is 2. The van der Waals surface area contributed by atoms with Crippen LogP contribution in [-0.4, -0.2) is 28.6 Å². The summed E-state index contributed by atoms with van der Waals surface area (Å²) in [5, 5.41) is 19.5. The number of aromatic hydroxyl groups is 1. The molecule has 21 heavy (non-hydrogen) atoms. The van der Waals surface area contributed by atoms with Crippen molar-refractivity contribution in [2.75, 3.05) is 12.5 Å². The van der Waals surface area contributed by atoms with Crippen LogP contribution in [0.5, 0.6) is 11.5 Å². The van der Waals surface area contributed by atoms with Gasteiger partial charge in [0, 0.05) is 11.6 Å². The van der Waals surface area contributed by atoms with Crippen LogP contribution in [0.15, 0.2) is 28.2 Å². The highest BCUT2D eigenvalue weighted by Crippen LogP contribution is 2.31. The number of ether oxygens (including phenoxy) is 1. The van der Waals surface area contributed by atoms with Gasteiger partial charge in [-0.3, -0.25) is 10.2 Å². The number of benzene rings is 1. The maximum atomic E-state index is 11.2. The van der Waals surface area contributed by atoms with Gasteiger partial charge in [0.05, 0.1) is 24.5 Å². The Morgan fingerprint density at radius 3 is 2.95 bits per heavy atom. The lowest BCUT2D eigenvalue weighted by atomic mass is 10.2. The lowest BCUT2D eigenvalue weighted by Crippen LogP contribution is -2.10. The van der Waals surface area contributed by atoms with Crippen LogP contribution >= 0.6 is 23.2 Å². The van der Waals surface area contributed by atoms with Gasteiger partial charge in [0.15, 0.2) is 11.5 Å². The zero-order valence-electron chi connectivity index (χ0n) is 10.7. The summed E-state index contributed by atoms with van der Waals surface area (Å²) in [4.78, 5) is 11.2. The Morgan fingerprint density at radius 2 is 2.24 bits per heavy atom. The first-order valence-electron chi connectivity index (χ1n) is 5.61. The smallest absolute Gasteiger partial charge is 0.285 e. The van der Waals surface area contributed by atoms with Crippen molar-refractivity contribution in [3.05, 3.63) is 44.3 Å². The lowest BCUT2D eigenvalue weighted by molar-refractivity contribution is 0.373. The predicted molar refractivity (Wildman–Crippen MR) is 80.8 cm³/mol. The first-order valence-corrected chi connectivity index (χ1v) is 6.37. The summed E-state index contributed by atoms with van der Waals surface area (Å²) in [7, 11) is 1.42. The van der Waals surface area contributed by atoms with Gasteiger partial charge in [-0.1, -0.05) is 23.2 Å². The highest BCUT2D eigenvalue weighted by molar-refractivity contribution is 6.33. The molecule has 2 rings (SSSR count). The van der Waals surface area contributed by atoms with Crippen LogP contribution in [0.3, 0.4) is 0 Å². The van der Waals surface area contributed by atoms with Crippen molar-refractivity contribution in [3.8, 4) is 11.5 Å². The lowest BCUT2D eigenvalue weighted by Gasteiger charge is -2.06. The van der Waals surface area contributed by atoms with Crippen LogP contribution in [-0.2, 0) is 0 Å². The van der Waals surface area contributed by atoms with Crippen LogP contribution in [0.4, 0.5) is 5.69 Å². The molecule has 0 saturated carbocycles. The average molecular weight is 329 g/mol. The number of hydrogen-bond acceptors (Lipinski definition) is 6. The van der Waals surface area contributed by atoms with Gasteiger partial charge < -0.3 is 9.84 Å². The number of nitrogens with zero attached hydrogens (tertiary/aromatic N) is 2. The monoisotopic (exact) mass is 328 g/mol. The highest BCUT2D eigenvalue weighted by atomic mass is 35.5. The van der Waals surface area contributed by atoms with Gasteiger partial charge in [-0.2, -0.15) is 10.2 Å². The molecule has 0 spiro atoms. The van der Waals surface area contributed by atoms with E-state index in [1.54, 1.807) is 0 Å². The maximum Gasteiger partial charge on any atom is 0.285 e. The second-order valence-electron chi connectivity index (χ2n) is 3.84. The van der Waals surface area contributed by atoms with E-state index in [4.69, 9.17) is 27.9 Å². The summed E-state index contributed by atoms with van der Waals surface area (Å²) < 4.78 is 4.97. The number of aromatic amines is 1. The van der Waals surface area contributed by atoms with E-state index in [9.17, 15) is 9.90 Å². The molecule has 7 nitrogen and oxygen atoms in total. The van der Waals surface area contributed by atoms with Crippen LogP contribution < -0.4 is 15.7 Å². The molecule has 0 saturated heterocycles. The molecule has 3 N–H and O–H groups in total. The number of H-pyrrole nitrogens is 1. The van der Waals surface area contributed by atoms with Crippen molar-refractivity contribution in [1.29, 1.82) is 0 Å². The van der Waals surface area contributed by atoms with Gasteiger partial charge in [-0.05, 0) is 6.07 Å². The third kappa shape index (κ3) is 3.45. The van der Waals surface area contributed by atoms with Gasteiger partial charge >= 0.3 is 0 Å². The molecule has 110 valence electrons. The minimum absolute atomic E-state index is 0.0588. The van der Waals surface area contributed by atoms with Crippen LogP contribution in [0.25, 0.3) is 0 Å². The molecule has 0 bridgehead atoms. The van der Waals surface area contributed by atoms with E-state index in [2.05, 4.69) is 20.7 Å². The zero-order chi connectivity index (χ0) is 15.4. The Kier molecular flexibility index (Phi) is 4.66. The topological polar surface area (TPSA) is 99.6 Å².